The zero-order valence-corrected chi connectivity index (χ0v) is 12.2. The minimum atomic E-state index is -0.522. The summed E-state index contributed by atoms with van der Waals surface area (Å²) in [5, 5.41) is 12.7. The minimum absolute atomic E-state index is 0.235. The molecule has 3 N–H and O–H groups in total. The van der Waals surface area contributed by atoms with Crippen LogP contribution in [0.15, 0.2) is 4.34 Å². The van der Waals surface area contributed by atoms with Gasteiger partial charge in [-0.1, -0.05) is 30.0 Å². The average molecular weight is 286 g/mol. The van der Waals surface area contributed by atoms with Gasteiger partial charge in [0, 0.05) is 5.25 Å². The second kappa shape index (κ2) is 5.54. The second-order valence-corrected chi connectivity index (χ2v) is 7.28. The zero-order chi connectivity index (χ0) is 13.2. The van der Waals surface area contributed by atoms with Crippen LogP contribution in [0.4, 0.5) is 0 Å². The maximum absolute atomic E-state index is 11.6. The maximum atomic E-state index is 11.6. The van der Waals surface area contributed by atoms with E-state index in [1.165, 1.54) is 0 Å². The van der Waals surface area contributed by atoms with Crippen LogP contribution in [0.2, 0.25) is 0 Å². The fraction of sp³-hybridized carbons (Fsp3) is 0.727. The van der Waals surface area contributed by atoms with Gasteiger partial charge in [-0.3, -0.25) is 4.79 Å². The first kappa shape index (κ1) is 13.8. The molecule has 2 unspecified atom stereocenters. The Morgan fingerprint density at radius 3 is 3.00 bits per heavy atom. The van der Waals surface area contributed by atoms with E-state index < -0.39 is 5.54 Å². The third-order valence-electron chi connectivity index (χ3n) is 3.23. The van der Waals surface area contributed by atoms with Crippen LogP contribution in [0.25, 0.3) is 0 Å². The molecular formula is C11H18N4OS2. The summed E-state index contributed by atoms with van der Waals surface area (Å²) in [5.74, 6) is -0.235. The number of nitrogens with two attached hydrogens (primary N) is 1. The van der Waals surface area contributed by atoms with Crippen LogP contribution in [-0.4, -0.2) is 33.4 Å². The van der Waals surface area contributed by atoms with Crippen molar-refractivity contribution in [3.63, 3.8) is 0 Å². The number of carbonyl (C=O) groups is 1. The molecule has 1 amide bonds. The number of amides is 1. The number of primary amides is 1. The van der Waals surface area contributed by atoms with Gasteiger partial charge < -0.3 is 11.1 Å². The molecule has 0 bridgehead atoms. The Bertz CT molecular complexity index is 436. The van der Waals surface area contributed by atoms with Crippen molar-refractivity contribution >= 4 is 29.0 Å². The van der Waals surface area contributed by atoms with Gasteiger partial charge in [0.1, 0.15) is 5.01 Å². The highest BCUT2D eigenvalue weighted by Crippen LogP contribution is 2.40. The maximum Gasteiger partial charge on any atom is 0.237 e. The Morgan fingerprint density at radius 2 is 2.44 bits per heavy atom. The van der Waals surface area contributed by atoms with Crippen molar-refractivity contribution in [2.24, 2.45) is 5.73 Å². The Labute approximate surface area is 115 Å². The topological polar surface area (TPSA) is 80.9 Å². The molecule has 1 heterocycles. The number of nitrogens with zero attached hydrogens (tertiary/aromatic N) is 2. The highest BCUT2D eigenvalue weighted by Gasteiger charge is 2.43. The molecule has 0 saturated heterocycles. The first-order valence-corrected chi connectivity index (χ1v) is 7.77. The van der Waals surface area contributed by atoms with Crippen molar-refractivity contribution in [2.75, 3.05) is 6.54 Å². The number of aryl methyl sites for hydroxylation is 1. The summed E-state index contributed by atoms with van der Waals surface area (Å²) < 4.78 is 0.981. The number of carbonyl (C=O) groups excluding carboxylic acids is 1. The summed E-state index contributed by atoms with van der Waals surface area (Å²) in [6.07, 6.45) is 2.57. The fourth-order valence-corrected chi connectivity index (χ4v) is 4.73. The lowest BCUT2D eigenvalue weighted by molar-refractivity contribution is -0.124. The molecule has 0 aliphatic heterocycles. The number of hydrogen-bond donors (Lipinski definition) is 2. The third kappa shape index (κ3) is 2.84. The molecule has 1 aromatic rings. The Hall–Kier alpha value is -0.660. The van der Waals surface area contributed by atoms with Crippen molar-refractivity contribution in [2.45, 2.75) is 48.2 Å². The zero-order valence-electron chi connectivity index (χ0n) is 10.6. The molecule has 7 heteroatoms. The third-order valence-corrected chi connectivity index (χ3v) is 5.42. The lowest BCUT2D eigenvalue weighted by Crippen LogP contribution is -2.53. The molecule has 2 rings (SSSR count). The van der Waals surface area contributed by atoms with Crippen LogP contribution in [0, 0.1) is 6.92 Å². The highest BCUT2D eigenvalue weighted by molar-refractivity contribution is 8.01. The van der Waals surface area contributed by atoms with E-state index in [0.717, 1.165) is 35.2 Å². The number of nitrogens with one attached hydrogen (secondary N) is 1. The highest BCUT2D eigenvalue weighted by atomic mass is 32.2. The van der Waals surface area contributed by atoms with Crippen molar-refractivity contribution in [1.82, 2.24) is 15.5 Å². The van der Waals surface area contributed by atoms with E-state index in [1.54, 1.807) is 23.1 Å². The lowest BCUT2D eigenvalue weighted by atomic mass is 9.97. The summed E-state index contributed by atoms with van der Waals surface area (Å²) in [4.78, 5) is 11.6. The molecule has 0 spiro atoms. The van der Waals surface area contributed by atoms with Gasteiger partial charge in [-0.2, -0.15) is 0 Å². The van der Waals surface area contributed by atoms with E-state index in [4.69, 9.17) is 5.73 Å². The summed E-state index contributed by atoms with van der Waals surface area (Å²) >= 11 is 3.32. The quantitative estimate of drug-likeness (QED) is 0.853. The van der Waals surface area contributed by atoms with E-state index >= 15 is 0 Å². The first-order chi connectivity index (χ1) is 8.55. The molecule has 1 aromatic heterocycles. The van der Waals surface area contributed by atoms with Gasteiger partial charge in [-0.05, 0) is 32.7 Å². The van der Waals surface area contributed by atoms with Crippen molar-refractivity contribution in [1.29, 1.82) is 0 Å². The molecule has 5 nitrogen and oxygen atoms in total. The molecular weight excluding hydrogens is 268 g/mol. The summed E-state index contributed by atoms with van der Waals surface area (Å²) in [6, 6.07) is 0. The Morgan fingerprint density at radius 1 is 1.67 bits per heavy atom. The number of hydrogen-bond acceptors (Lipinski definition) is 6. The van der Waals surface area contributed by atoms with Crippen LogP contribution in [0.5, 0.6) is 0 Å². The molecule has 100 valence electrons. The minimum Gasteiger partial charge on any atom is -0.368 e. The normalized spacial score (nSPS) is 27.6. The van der Waals surface area contributed by atoms with Crippen LogP contribution < -0.4 is 11.1 Å². The lowest BCUT2D eigenvalue weighted by Gasteiger charge is -2.26. The van der Waals surface area contributed by atoms with Crippen molar-refractivity contribution in [3.8, 4) is 0 Å². The second-order valence-electron chi connectivity index (χ2n) is 4.55. The summed E-state index contributed by atoms with van der Waals surface area (Å²) in [5.41, 5.74) is 5.02. The standard InChI is InChI=1S/C11H18N4OS2/c1-3-13-11(9(12)16)5-4-8(6-11)18-10-15-14-7(2)17-10/h8,13H,3-6H2,1-2H3,(H2,12,16). The fourth-order valence-electron chi connectivity index (χ4n) is 2.38. The van der Waals surface area contributed by atoms with Crippen LogP contribution in [0.3, 0.4) is 0 Å². The van der Waals surface area contributed by atoms with Crippen molar-refractivity contribution in [3.05, 3.63) is 5.01 Å². The van der Waals surface area contributed by atoms with E-state index in [1.807, 2.05) is 13.8 Å². The van der Waals surface area contributed by atoms with Crippen LogP contribution in [-0.2, 0) is 4.79 Å². The van der Waals surface area contributed by atoms with Gasteiger partial charge in [0.05, 0.1) is 5.54 Å². The predicted octanol–water partition coefficient (Wildman–Crippen LogP) is 1.32. The SMILES string of the molecule is CCNC1(C(N)=O)CCC(Sc2nnc(C)s2)C1. The molecule has 1 aliphatic rings. The Balaban J connectivity index is 2.00. The van der Waals surface area contributed by atoms with Gasteiger partial charge in [-0.25, -0.2) is 0 Å². The van der Waals surface area contributed by atoms with E-state index in [0.29, 0.717) is 5.25 Å². The van der Waals surface area contributed by atoms with E-state index in [2.05, 4.69) is 15.5 Å². The molecule has 2 atom stereocenters. The molecule has 18 heavy (non-hydrogen) atoms. The van der Waals surface area contributed by atoms with Gasteiger partial charge >= 0.3 is 0 Å². The van der Waals surface area contributed by atoms with Crippen LogP contribution >= 0.6 is 23.1 Å². The van der Waals surface area contributed by atoms with Crippen molar-refractivity contribution < 1.29 is 4.79 Å². The number of likely N-dealkylation sites (N-methyl/N-ethyl adjacent to an activating group) is 1. The molecule has 1 fully saturated rings. The van der Waals surface area contributed by atoms with Gasteiger partial charge in [0.25, 0.3) is 0 Å². The molecule has 0 aromatic carbocycles. The van der Waals surface area contributed by atoms with E-state index in [9.17, 15) is 4.79 Å². The molecule has 0 radical (unpaired) electrons. The molecule has 1 saturated carbocycles. The monoisotopic (exact) mass is 286 g/mol. The largest absolute Gasteiger partial charge is 0.368 e. The van der Waals surface area contributed by atoms with Crippen LogP contribution in [0.1, 0.15) is 31.2 Å². The Kier molecular flexibility index (Phi) is 4.24. The van der Waals surface area contributed by atoms with Gasteiger partial charge in [-0.15, -0.1) is 10.2 Å². The van der Waals surface area contributed by atoms with Gasteiger partial charge in [0.2, 0.25) is 5.91 Å². The number of thioether (sulfide) groups is 1. The number of aromatic nitrogens is 2. The van der Waals surface area contributed by atoms with E-state index in [-0.39, 0.29) is 5.91 Å². The smallest absolute Gasteiger partial charge is 0.237 e. The number of rotatable bonds is 5. The summed E-state index contributed by atoms with van der Waals surface area (Å²) in [6.45, 7) is 4.71. The first-order valence-electron chi connectivity index (χ1n) is 6.07. The predicted molar refractivity (Wildman–Crippen MR) is 73.7 cm³/mol. The molecule has 1 aliphatic carbocycles. The summed E-state index contributed by atoms with van der Waals surface area (Å²) in [7, 11) is 0. The average Bonchev–Trinajstić information content (AvgIpc) is 2.88. The van der Waals surface area contributed by atoms with Gasteiger partial charge in [0.15, 0.2) is 4.34 Å².